The summed E-state index contributed by atoms with van der Waals surface area (Å²) in [5.41, 5.74) is 9.85. The van der Waals surface area contributed by atoms with Crippen molar-refractivity contribution in [1.82, 2.24) is 0 Å². The Kier molecular flexibility index (Phi) is 6.03. The van der Waals surface area contributed by atoms with Gasteiger partial charge in [-0.15, -0.1) is 11.3 Å². The van der Waals surface area contributed by atoms with Crippen molar-refractivity contribution in [2.24, 2.45) is 0 Å². The number of fused-ring (bicyclic) bond motifs is 7. The third kappa shape index (κ3) is 4.24. The van der Waals surface area contributed by atoms with Gasteiger partial charge in [0.1, 0.15) is 11.2 Å². The lowest BCUT2D eigenvalue weighted by atomic mass is 9.95. The highest BCUT2D eigenvalue weighted by Crippen LogP contribution is 2.51. The number of rotatable bonds is 5. The molecular weight excluding hydrogens is 567 g/mol. The van der Waals surface area contributed by atoms with Crippen LogP contribution in [0.15, 0.2) is 168 Å². The van der Waals surface area contributed by atoms with Gasteiger partial charge in [0.05, 0.1) is 16.8 Å². The SMILES string of the molecule is c1ccc(-c2ccc(N(c3ccccc3)c3cc4sc5ccccc5c4c4oc5ccccc5c34)c(-c3ccccc3)c2)cc1. The minimum absolute atomic E-state index is 0.896. The summed E-state index contributed by atoms with van der Waals surface area (Å²) >= 11 is 1.82. The first-order chi connectivity index (χ1) is 22.3. The molecule has 0 atom stereocenters. The molecule has 0 amide bonds. The van der Waals surface area contributed by atoms with E-state index in [0.29, 0.717) is 0 Å². The Morgan fingerprint density at radius 3 is 1.87 bits per heavy atom. The first-order valence-corrected chi connectivity index (χ1v) is 16.0. The number of thiophene rings is 1. The molecule has 0 saturated carbocycles. The van der Waals surface area contributed by atoms with Gasteiger partial charge in [-0.25, -0.2) is 0 Å². The zero-order chi connectivity index (χ0) is 29.7. The van der Waals surface area contributed by atoms with Crippen LogP contribution >= 0.6 is 11.3 Å². The van der Waals surface area contributed by atoms with Crippen molar-refractivity contribution in [2.75, 3.05) is 4.90 Å². The predicted octanol–water partition coefficient (Wildman–Crippen LogP) is 12.8. The van der Waals surface area contributed by atoms with Gasteiger partial charge in [-0.1, -0.05) is 121 Å². The van der Waals surface area contributed by atoms with E-state index in [4.69, 9.17) is 4.42 Å². The third-order valence-corrected chi connectivity index (χ3v) is 9.77. The minimum Gasteiger partial charge on any atom is -0.455 e. The van der Waals surface area contributed by atoms with Crippen LogP contribution < -0.4 is 4.90 Å². The maximum atomic E-state index is 6.77. The highest BCUT2D eigenvalue weighted by Gasteiger charge is 2.25. The van der Waals surface area contributed by atoms with Crippen LogP contribution in [-0.2, 0) is 0 Å². The van der Waals surface area contributed by atoms with E-state index in [1.807, 2.05) is 11.3 Å². The average Bonchev–Trinajstić information content (AvgIpc) is 3.68. The van der Waals surface area contributed by atoms with Crippen LogP contribution in [0.4, 0.5) is 17.1 Å². The van der Waals surface area contributed by atoms with Gasteiger partial charge in [0.15, 0.2) is 0 Å². The number of furan rings is 1. The van der Waals surface area contributed by atoms with Crippen LogP contribution in [-0.4, -0.2) is 0 Å². The zero-order valence-electron chi connectivity index (χ0n) is 24.4. The molecule has 0 aliphatic carbocycles. The molecule has 0 spiro atoms. The Labute approximate surface area is 265 Å². The fourth-order valence-electron chi connectivity index (χ4n) is 6.62. The lowest BCUT2D eigenvalue weighted by Gasteiger charge is -2.29. The smallest absolute Gasteiger partial charge is 0.146 e. The van der Waals surface area contributed by atoms with Gasteiger partial charge < -0.3 is 9.32 Å². The summed E-state index contributed by atoms with van der Waals surface area (Å²) in [5.74, 6) is 0. The molecule has 0 fully saturated rings. The van der Waals surface area contributed by atoms with Gasteiger partial charge in [0, 0.05) is 36.8 Å². The molecule has 0 unspecified atom stereocenters. The average molecular weight is 594 g/mol. The van der Waals surface area contributed by atoms with Crippen LogP contribution in [0.3, 0.4) is 0 Å². The predicted molar refractivity (Wildman–Crippen MR) is 192 cm³/mol. The van der Waals surface area contributed by atoms with Crippen LogP contribution in [0.5, 0.6) is 0 Å². The number of nitrogens with zero attached hydrogens (tertiary/aromatic N) is 1. The number of benzene rings is 7. The lowest BCUT2D eigenvalue weighted by molar-refractivity contribution is 0.673. The second-order valence-corrected chi connectivity index (χ2v) is 12.4. The molecule has 9 aromatic rings. The van der Waals surface area contributed by atoms with Gasteiger partial charge in [-0.05, 0) is 59.2 Å². The summed E-state index contributed by atoms with van der Waals surface area (Å²) in [7, 11) is 0. The van der Waals surface area contributed by atoms with Crippen molar-refractivity contribution < 1.29 is 4.42 Å². The van der Waals surface area contributed by atoms with E-state index < -0.39 is 0 Å². The standard InChI is InChI=1S/C42H27NOS/c1-4-14-28(15-5-1)30-24-25-35(34(26-30)29-16-6-2-7-17-29)43(31-18-8-3-9-19-31)36-27-39-41(33-21-11-13-23-38(33)45-39)42-40(36)32-20-10-12-22-37(32)44-42/h1-27H. The molecule has 212 valence electrons. The topological polar surface area (TPSA) is 16.4 Å². The summed E-state index contributed by atoms with van der Waals surface area (Å²) in [5, 5.41) is 4.65. The third-order valence-electron chi connectivity index (χ3n) is 8.65. The number of anilines is 3. The Balaban J connectivity index is 1.41. The van der Waals surface area contributed by atoms with E-state index in [9.17, 15) is 0 Å². The molecule has 7 aromatic carbocycles. The molecular formula is C42H27NOS. The second-order valence-electron chi connectivity index (χ2n) is 11.3. The first-order valence-electron chi connectivity index (χ1n) is 15.2. The van der Waals surface area contributed by atoms with Crippen LogP contribution in [0.25, 0.3) is 64.4 Å². The fraction of sp³-hybridized carbons (Fsp3) is 0. The quantitative estimate of drug-likeness (QED) is 0.197. The van der Waals surface area contributed by atoms with E-state index in [-0.39, 0.29) is 0 Å². The van der Waals surface area contributed by atoms with Gasteiger partial charge in [-0.2, -0.15) is 0 Å². The molecule has 0 N–H and O–H groups in total. The summed E-state index contributed by atoms with van der Waals surface area (Å²) in [4.78, 5) is 2.42. The molecule has 45 heavy (non-hydrogen) atoms. The molecule has 0 radical (unpaired) electrons. The van der Waals surface area contributed by atoms with E-state index in [2.05, 4.69) is 169 Å². The Bertz CT molecular complexity index is 2480. The highest BCUT2D eigenvalue weighted by molar-refractivity contribution is 7.26. The van der Waals surface area contributed by atoms with Gasteiger partial charge in [-0.3, -0.25) is 0 Å². The zero-order valence-corrected chi connectivity index (χ0v) is 25.2. The van der Waals surface area contributed by atoms with Gasteiger partial charge in [0.2, 0.25) is 0 Å². The Morgan fingerprint density at radius 1 is 0.444 bits per heavy atom. The van der Waals surface area contributed by atoms with Crippen molar-refractivity contribution in [3.8, 4) is 22.3 Å². The van der Waals surface area contributed by atoms with Crippen molar-refractivity contribution in [2.45, 2.75) is 0 Å². The summed E-state index contributed by atoms with van der Waals surface area (Å²) in [6.45, 7) is 0. The second kappa shape index (κ2) is 10.5. The molecule has 0 bridgehead atoms. The van der Waals surface area contributed by atoms with Crippen molar-refractivity contribution in [3.05, 3.63) is 164 Å². The van der Waals surface area contributed by atoms with Gasteiger partial charge in [0.25, 0.3) is 0 Å². The molecule has 2 aromatic heterocycles. The lowest BCUT2D eigenvalue weighted by Crippen LogP contribution is -2.11. The monoisotopic (exact) mass is 593 g/mol. The molecule has 0 aliphatic rings. The van der Waals surface area contributed by atoms with E-state index in [0.717, 1.165) is 44.6 Å². The van der Waals surface area contributed by atoms with Crippen molar-refractivity contribution in [3.63, 3.8) is 0 Å². The molecule has 2 heterocycles. The van der Waals surface area contributed by atoms with Crippen molar-refractivity contribution >= 4 is 70.5 Å². The number of hydrogen-bond donors (Lipinski definition) is 0. The summed E-state index contributed by atoms with van der Waals surface area (Å²) < 4.78 is 9.23. The van der Waals surface area contributed by atoms with E-state index >= 15 is 0 Å². The Hall–Kier alpha value is -5.64. The fourth-order valence-corrected chi connectivity index (χ4v) is 7.76. The van der Waals surface area contributed by atoms with E-state index in [1.54, 1.807) is 0 Å². The Morgan fingerprint density at radius 2 is 1.09 bits per heavy atom. The van der Waals surface area contributed by atoms with E-state index in [1.165, 1.54) is 36.9 Å². The van der Waals surface area contributed by atoms with Gasteiger partial charge >= 0.3 is 0 Å². The van der Waals surface area contributed by atoms with Crippen LogP contribution in [0.1, 0.15) is 0 Å². The molecule has 0 aliphatic heterocycles. The van der Waals surface area contributed by atoms with Crippen LogP contribution in [0.2, 0.25) is 0 Å². The molecule has 2 nitrogen and oxygen atoms in total. The van der Waals surface area contributed by atoms with Crippen LogP contribution in [0, 0.1) is 0 Å². The maximum Gasteiger partial charge on any atom is 0.146 e. The van der Waals surface area contributed by atoms with Crippen molar-refractivity contribution in [1.29, 1.82) is 0 Å². The number of hydrogen-bond acceptors (Lipinski definition) is 3. The summed E-state index contributed by atoms with van der Waals surface area (Å²) in [6, 6.07) is 58.4. The maximum absolute atomic E-state index is 6.77. The molecule has 9 rings (SSSR count). The summed E-state index contributed by atoms with van der Waals surface area (Å²) in [6.07, 6.45) is 0. The minimum atomic E-state index is 0.896. The molecule has 0 saturated heterocycles. The normalized spacial score (nSPS) is 11.6. The first kappa shape index (κ1) is 25.8. The molecule has 3 heteroatoms. The highest BCUT2D eigenvalue weighted by atomic mass is 32.1. The number of para-hydroxylation sites is 2. The largest absolute Gasteiger partial charge is 0.455 e.